The van der Waals surface area contributed by atoms with Crippen molar-refractivity contribution in [2.24, 2.45) is 0 Å². The summed E-state index contributed by atoms with van der Waals surface area (Å²) in [6.45, 7) is 0. The Morgan fingerprint density at radius 2 is 2.23 bits per heavy atom. The van der Waals surface area contributed by atoms with Crippen LogP contribution < -0.4 is 5.73 Å². The first kappa shape index (κ1) is 10.3. The molecule has 1 rings (SSSR count). The van der Waals surface area contributed by atoms with Crippen LogP contribution in [0.1, 0.15) is 12.0 Å². The van der Waals surface area contributed by atoms with E-state index in [1.165, 1.54) is 6.07 Å². The SMILES string of the molecule is Nc1cc(C=CCCBr)ccc1F. The van der Waals surface area contributed by atoms with Gasteiger partial charge < -0.3 is 5.73 Å². The van der Waals surface area contributed by atoms with Gasteiger partial charge in [0.25, 0.3) is 0 Å². The Bertz CT molecular complexity index is 310. The summed E-state index contributed by atoms with van der Waals surface area (Å²) in [5, 5.41) is 0.931. The number of anilines is 1. The van der Waals surface area contributed by atoms with Gasteiger partial charge in [-0.3, -0.25) is 0 Å². The van der Waals surface area contributed by atoms with Gasteiger partial charge in [-0.05, 0) is 24.1 Å². The minimum absolute atomic E-state index is 0.195. The fourth-order valence-corrected chi connectivity index (χ4v) is 1.21. The summed E-state index contributed by atoms with van der Waals surface area (Å²) in [6.07, 6.45) is 4.90. The average molecular weight is 244 g/mol. The van der Waals surface area contributed by atoms with Gasteiger partial charge in [-0.25, -0.2) is 4.39 Å². The van der Waals surface area contributed by atoms with Crippen LogP contribution >= 0.6 is 15.9 Å². The Kier molecular flexibility index (Phi) is 3.96. The highest BCUT2D eigenvalue weighted by molar-refractivity contribution is 9.09. The molecule has 0 amide bonds. The molecule has 0 bridgehead atoms. The maximum atomic E-state index is 12.7. The van der Waals surface area contributed by atoms with Crippen LogP contribution in [0.3, 0.4) is 0 Å². The van der Waals surface area contributed by atoms with Crippen molar-refractivity contribution in [1.82, 2.24) is 0 Å². The van der Waals surface area contributed by atoms with Crippen LogP contribution in [0, 0.1) is 5.82 Å². The molecule has 0 unspecified atom stereocenters. The number of rotatable bonds is 3. The van der Waals surface area contributed by atoms with Crippen LogP contribution in [-0.2, 0) is 0 Å². The van der Waals surface area contributed by atoms with Gasteiger partial charge >= 0.3 is 0 Å². The topological polar surface area (TPSA) is 26.0 Å². The third-order valence-corrected chi connectivity index (χ3v) is 2.06. The molecule has 0 saturated heterocycles. The molecule has 0 heterocycles. The number of hydrogen-bond donors (Lipinski definition) is 1. The van der Waals surface area contributed by atoms with Crippen molar-refractivity contribution >= 4 is 27.7 Å². The summed E-state index contributed by atoms with van der Waals surface area (Å²) in [7, 11) is 0. The first-order chi connectivity index (χ1) is 6.24. The molecule has 70 valence electrons. The molecule has 1 aromatic carbocycles. The summed E-state index contributed by atoms with van der Waals surface area (Å²) in [6, 6.07) is 4.71. The number of benzene rings is 1. The number of allylic oxidation sites excluding steroid dienone is 1. The zero-order valence-electron chi connectivity index (χ0n) is 7.13. The molecule has 0 aromatic heterocycles. The summed E-state index contributed by atoms with van der Waals surface area (Å²) in [5.74, 6) is -0.363. The van der Waals surface area contributed by atoms with E-state index in [4.69, 9.17) is 5.73 Å². The molecular formula is C10H11BrFN. The van der Waals surface area contributed by atoms with Gasteiger partial charge in [0.2, 0.25) is 0 Å². The summed E-state index contributed by atoms with van der Waals surface area (Å²) in [4.78, 5) is 0. The Balaban J connectivity index is 2.73. The molecule has 3 heteroatoms. The number of hydrogen-bond acceptors (Lipinski definition) is 1. The average Bonchev–Trinajstić information content (AvgIpc) is 2.12. The van der Waals surface area contributed by atoms with Crippen molar-refractivity contribution in [3.63, 3.8) is 0 Å². The molecule has 0 saturated carbocycles. The zero-order valence-corrected chi connectivity index (χ0v) is 8.72. The largest absolute Gasteiger partial charge is 0.396 e. The van der Waals surface area contributed by atoms with E-state index in [0.717, 1.165) is 17.3 Å². The summed E-state index contributed by atoms with van der Waals surface area (Å²) < 4.78 is 12.7. The van der Waals surface area contributed by atoms with Crippen molar-refractivity contribution < 1.29 is 4.39 Å². The van der Waals surface area contributed by atoms with E-state index in [2.05, 4.69) is 15.9 Å². The molecule has 0 radical (unpaired) electrons. The lowest BCUT2D eigenvalue weighted by molar-refractivity contribution is 0.632. The van der Waals surface area contributed by atoms with Gasteiger partial charge in [0, 0.05) is 5.33 Å². The second-order valence-corrected chi connectivity index (χ2v) is 3.45. The van der Waals surface area contributed by atoms with Crippen molar-refractivity contribution in [1.29, 1.82) is 0 Å². The third kappa shape index (κ3) is 3.19. The van der Waals surface area contributed by atoms with Gasteiger partial charge in [-0.2, -0.15) is 0 Å². The Morgan fingerprint density at radius 3 is 2.85 bits per heavy atom. The molecule has 13 heavy (non-hydrogen) atoms. The predicted molar refractivity (Wildman–Crippen MR) is 58.3 cm³/mol. The van der Waals surface area contributed by atoms with E-state index < -0.39 is 0 Å². The highest BCUT2D eigenvalue weighted by Crippen LogP contribution is 2.13. The second kappa shape index (κ2) is 5.02. The second-order valence-electron chi connectivity index (χ2n) is 2.66. The van der Waals surface area contributed by atoms with Crippen LogP contribution in [0.2, 0.25) is 0 Å². The van der Waals surface area contributed by atoms with Crippen LogP contribution in [-0.4, -0.2) is 5.33 Å². The van der Waals surface area contributed by atoms with Crippen LogP contribution in [0.5, 0.6) is 0 Å². The molecule has 2 N–H and O–H groups in total. The van der Waals surface area contributed by atoms with Crippen LogP contribution in [0.15, 0.2) is 24.3 Å². The number of halogens is 2. The van der Waals surface area contributed by atoms with Gasteiger partial charge in [0.05, 0.1) is 5.69 Å². The van der Waals surface area contributed by atoms with E-state index in [1.54, 1.807) is 12.1 Å². The molecule has 1 nitrogen and oxygen atoms in total. The van der Waals surface area contributed by atoms with Gasteiger partial charge in [-0.1, -0.05) is 34.1 Å². The molecule has 0 aliphatic heterocycles. The maximum absolute atomic E-state index is 12.7. The first-order valence-corrected chi connectivity index (χ1v) is 5.13. The first-order valence-electron chi connectivity index (χ1n) is 4.01. The highest BCUT2D eigenvalue weighted by Gasteiger charge is 1.96. The van der Waals surface area contributed by atoms with Gasteiger partial charge in [0.15, 0.2) is 0 Å². The number of nitrogens with two attached hydrogens (primary N) is 1. The molecule has 0 aliphatic rings. The molecule has 0 spiro atoms. The smallest absolute Gasteiger partial charge is 0.146 e. The van der Waals surface area contributed by atoms with E-state index in [1.807, 2.05) is 12.2 Å². The van der Waals surface area contributed by atoms with Gasteiger partial charge in [-0.15, -0.1) is 0 Å². The van der Waals surface area contributed by atoms with Crippen molar-refractivity contribution in [3.05, 3.63) is 35.7 Å². The highest BCUT2D eigenvalue weighted by atomic mass is 79.9. The quantitative estimate of drug-likeness (QED) is 0.641. The molecule has 0 atom stereocenters. The number of nitrogen functional groups attached to an aromatic ring is 1. The molecule has 1 aromatic rings. The molecular weight excluding hydrogens is 233 g/mol. The standard InChI is InChI=1S/C10H11BrFN/c11-6-2-1-3-8-4-5-9(12)10(13)7-8/h1,3-5,7H,2,6,13H2. The molecule has 0 aliphatic carbocycles. The number of alkyl halides is 1. The zero-order chi connectivity index (χ0) is 9.68. The normalized spacial score (nSPS) is 10.9. The van der Waals surface area contributed by atoms with Crippen molar-refractivity contribution in [3.8, 4) is 0 Å². The lowest BCUT2D eigenvalue weighted by atomic mass is 10.2. The van der Waals surface area contributed by atoms with E-state index in [9.17, 15) is 4.39 Å². The maximum Gasteiger partial charge on any atom is 0.146 e. The Labute approximate surface area is 85.6 Å². The Morgan fingerprint density at radius 1 is 1.46 bits per heavy atom. The minimum Gasteiger partial charge on any atom is -0.396 e. The molecule has 0 fully saturated rings. The summed E-state index contributed by atoms with van der Waals surface area (Å²) in [5.41, 5.74) is 6.53. The minimum atomic E-state index is -0.363. The van der Waals surface area contributed by atoms with Crippen LogP contribution in [0.4, 0.5) is 10.1 Å². The van der Waals surface area contributed by atoms with E-state index in [-0.39, 0.29) is 11.5 Å². The van der Waals surface area contributed by atoms with Gasteiger partial charge in [0.1, 0.15) is 5.82 Å². The van der Waals surface area contributed by atoms with Crippen LogP contribution in [0.25, 0.3) is 6.08 Å². The predicted octanol–water partition coefficient (Wildman–Crippen LogP) is 3.21. The lowest BCUT2D eigenvalue weighted by Crippen LogP contribution is -1.89. The Hall–Kier alpha value is -0.830. The van der Waals surface area contributed by atoms with E-state index in [0.29, 0.717) is 0 Å². The monoisotopic (exact) mass is 243 g/mol. The lowest BCUT2D eigenvalue weighted by Gasteiger charge is -1.97. The third-order valence-electron chi connectivity index (χ3n) is 1.61. The van der Waals surface area contributed by atoms with E-state index >= 15 is 0 Å². The van der Waals surface area contributed by atoms with Crippen molar-refractivity contribution in [2.45, 2.75) is 6.42 Å². The fraction of sp³-hybridized carbons (Fsp3) is 0.200. The fourth-order valence-electron chi connectivity index (χ4n) is 0.948. The summed E-state index contributed by atoms with van der Waals surface area (Å²) >= 11 is 3.31. The van der Waals surface area contributed by atoms with Crippen molar-refractivity contribution in [2.75, 3.05) is 11.1 Å².